The van der Waals surface area contributed by atoms with Gasteiger partial charge in [0.15, 0.2) is 0 Å². The maximum atomic E-state index is 12.0. The SMILES string of the molecule is Cc1cc(C)c(C=CS(=O)(=O)Nc2ccccn2)c(C)c1. The van der Waals surface area contributed by atoms with Crippen LogP contribution in [0, 0.1) is 20.8 Å². The van der Waals surface area contributed by atoms with Crippen LogP contribution in [0.1, 0.15) is 22.3 Å². The molecule has 0 aliphatic carbocycles. The second-order valence-corrected chi connectivity index (χ2v) is 6.54. The number of nitrogens with zero attached hydrogens (tertiary/aromatic N) is 1. The summed E-state index contributed by atoms with van der Waals surface area (Å²) in [6, 6.07) is 9.13. The van der Waals surface area contributed by atoms with Crippen LogP contribution in [0.5, 0.6) is 0 Å². The van der Waals surface area contributed by atoms with Crippen LogP contribution in [0.4, 0.5) is 5.82 Å². The third kappa shape index (κ3) is 4.16. The molecule has 21 heavy (non-hydrogen) atoms. The van der Waals surface area contributed by atoms with Crippen molar-refractivity contribution >= 4 is 21.9 Å². The summed E-state index contributed by atoms with van der Waals surface area (Å²) in [6.45, 7) is 5.96. The van der Waals surface area contributed by atoms with Crippen molar-refractivity contribution in [2.75, 3.05) is 4.72 Å². The van der Waals surface area contributed by atoms with E-state index in [0.29, 0.717) is 5.82 Å². The van der Waals surface area contributed by atoms with Gasteiger partial charge >= 0.3 is 0 Å². The molecule has 0 saturated carbocycles. The van der Waals surface area contributed by atoms with Crippen molar-refractivity contribution in [2.45, 2.75) is 20.8 Å². The van der Waals surface area contributed by atoms with Gasteiger partial charge in [0.2, 0.25) is 0 Å². The van der Waals surface area contributed by atoms with E-state index < -0.39 is 10.0 Å². The molecule has 5 heteroatoms. The van der Waals surface area contributed by atoms with Gasteiger partial charge in [0.05, 0.1) is 5.41 Å². The number of pyridine rings is 1. The fourth-order valence-corrected chi connectivity index (χ4v) is 3.01. The van der Waals surface area contributed by atoms with Crippen LogP contribution >= 0.6 is 0 Å². The Morgan fingerprint density at radius 3 is 2.33 bits per heavy atom. The second-order valence-electron chi connectivity index (χ2n) is 4.98. The third-order valence-electron chi connectivity index (χ3n) is 3.06. The van der Waals surface area contributed by atoms with Gasteiger partial charge < -0.3 is 0 Å². The first-order valence-corrected chi connectivity index (χ1v) is 8.12. The normalized spacial score (nSPS) is 11.8. The number of nitrogens with one attached hydrogen (secondary N) is 1. The smallest absolute Gasteiger partial charge is 0.256 e. The summed E-state index contributed by atoms with van der Waals surface area (Å²) in [5, 5.41) is 1.17. The highest BCUT2D eigenvalue weighted by molar-refractivity contribution is 7.95. The average molecular weight is 302 g/mol. The molecule has 0 aliphatic heterocycles. The Morgan fingerprint density at radius 2 is 1.76 bits per heavy atom. The number of hydrogen-bond acceptors (Lipinski definition) is 3. The van der Waals surface area contributed by atoms with Crippen molar-refractivity contribution in [3.05, 3.63) is 64.2 Å². The molecule has 2 rings (SSSR count). The van der Waals surface area contributed by atoms with Crippen molar-refractivity contribution in [1.82, 2.24) is 4.98 Å². The van der Waals surface area contributed by atoms with Gasteiger partial charge in [-0.3, -0.25) is 4.72 Å². The monoisotopic (exact) mass is 302 g/mol. The lowest BCUT2D eigenvalue weighted by atomic mass is 10.0. The number of aromatic nitrogens is 1. The minimum atomic E-state index is -3.57. The van der Waals surface area contributed by atoms with Crippen LogP contribution in [0.2, 0.25) is 0 Å². The molecule has 4 nitrogen and oxygen atoms in total. The molecule has 1 N–H and O–H groups in total. The lowest BCUT2D eigenvalue weighted by molar-refractivity contribution is 0.609. The minimum absolute atomic E-state index is 0.305. The van der Waals surface area contributed by atoms with Gasteiger partial charge in [-0.15, -0.1) is 0 Å². The highest BCUT2D eigenvalue weighted by Gasteiger charge is 2.07. The standard InChI is InChI=1S/C16H18N2O2S/c1-12-10-13(2)15(14(3)11-12)7-9-21(19,20)18-16-6-4-5-8-17-16/h4-11H,1-3H3,(H,17,18). The Hall–Kier alpha value is -2.14. The minimum Gasteiger partial charge on any atom is -0.264 e. The Balaban J connectivity index is 2.25. The molecular formula is C16H18N2O2S. The van der Waals surface area contributed by atoms with E-state index in [9.17, 15) is 8.42 Å². The molecule has 2 aromatic rings. The predicted molar refractivity (Wildman–Crippen MR) is 86.5 cm³/mol. The first kappa shape index (κ1) is 15.3. The molecule has 1 aromatic heterocycles. The van der Waals surface area contributed by atoms with Crippen LogP contribution in [0.3, 0.4) is 0 Å². The van der Waals surface area contributed by atoms with Crippen molar-refractivity contribution in [2.24, 2.45) is 0 Å². The van der Waals surface area contributed by atoms with Gasteiger partial charge in [0, 0.05) is 6.20 Å². The van der Waals surface area contributed by atoms with E-state index in [0.717, 1.165) is 22.3 Å². The maximum Gasteiger partial charge on any atom is 0.256 e. The van der Waals surface area contributed by atoms with E-state index in [4.69, 9.17) is 0 Å². The van der Waals surface area contributed by atoms with E-state index in [2.05, 4.69) is 9.71 Å². The zero-order valence-electron chi connectivity index (χ0n) is 12.3. The molecule has 0 saturated heterocycles. The fraction of sp³-hybridized carbons (Fsp3) is 0.188. The Morgan fingerprint density at radius 1 is 1.10 bits per heavy atom. The van der Waals surface area contributed by atoms with Gasteiger partial charge in [-0.2, -0.15) is 0 Å². The Bertz CT molecular complexity index is 743. The van der Waals surface area contributed by atoms with Gasteiger partial charge in [-0.1, -0.05) is 23.8 Å². The van der Waals surface area contributed by atoms with E-state index in [1.807, 2.05) is 32.9 Å². The number of rotatable bonds is 4. The molecule has 0 unspecified atom stereocenters. The molecule has 1 heterocycles. The van der Waals surface area contributed by atoms with Crippen molar-refractivity contribution in [3.8, 4) is 0 Å². The van der Waals surface area contributed by atoms with Gasteiger partial charge in [0.25, 0.3) is 10.0 Å². The first-order chi connectivity index (χ1) is 9.87. The molecule has 0 fully saturated rings. The lowest BCUT2D eigenvalue weighted by Gasteiger charge is -2.07. The summed E-state index contributed by atoms with van der Waals surface area (Å²) >= 11 is 0. The molecular weight excluding hydrogens is 284 g/mol. The molecule has 0 aliphatic rings. The van der Waals surface area contributed by atoms with Gasteiger partial charge in [-0.05, 0) is 55.7 Å². The van der Waals surface area contributed by atoms with Gasteiger partial charge in [-0.25, -0.2) is 13.4 Å². The van der Waals surface area contributed by atoms with Crippen LogP contribution in [-0.2, 0) is 10.0 Å². The van der Waals surface area contributed by atoms with Crippen LogP contribution in [0.15, 0.2) is 41.9 Å². The molecule has 0 bridgehead atoms. The van der Waals surface area contributed by atoms with Crippen molar-refractivity contribution in [1.29, 1.82) is 0 Å². The Kier molecular flexibility index (Phi) is 4.43. The van der Waals surface area contributed by atoms with Crippen LogP contribution < -0.4 is 4.72 Å². The third-order valence-corrected chi connectivity index (χ3v) is 4.05. The first-order valence-electron chi connectivity index (χ1n) is 6.57. The number of sulfonamides is 1. The van der Waals surface area contributed by atoms with E-state index in [-0.39, 0.29) is 0 Å². The van der Waals surface area contributed by atoms with Crippen molar-refractivity contribution in [3.63, 3.8) is 0 Å². The second kappa shape index (κ2) is 6.10. The van der Waals surface area contributed by atoms with Crippen LogP contribution in [0.25, 0.3) is 6.08 Å². The fourth-order valence-electron chi connectivity index (χ4n) is 2.21. The van der Waals surface area contributed by atoms with Crippen molar-refractivity contribution < 1.29 is 8.42 Å². The average Bonchev–Trinajstić information content (AvgIpc) is 2.37. The summed E-state index contributed by atoms with van der Waals surface area (Å²) in [5.74, 6) is 0.305. The lowest BCUT2D eigenvalue weighted by Crippen LogP contribution is -2.09. The summed E-state index contributed by atoms with van der Waals surface area (Å²) < 4.78 is 26.5. The van der Waals surface area contributed by atoms with Crippen LogP contribution in [-0.4, -0.2) is 13.4 Å². The molecule has 0 amide bonds. The quantitative estimate of drug-likeness (QED) is 0.941. The zero-order valence-corrected chi connectivity index (χ0v) is 13.1. The topological polar surface area (TPSA) is 59.1 Å². The zero-order chi connectivity index (χ0) is 15.5. The molecule has 1 aromatic carbocycles. The number of hydrogen-bond donors (Lipinski definition) is 1. The number of anilines is 1. The molecule has 110 valence electrons. The highest BCUT2D eigenvalue weighted by Crippen LogP contribution is 2.18. The summed E-state index contributed by atoms with van der Waals surface area (Å²) in [5.41, 5.74) is 4.19. The summed E-state index contributed by atoms with van der Waals surface area (Å²) in [6.07, 6.45) is 3.16. The number of benzene rings is 1. The molecule has 0 atom stereocenters. The Labute approximate surface area is 125 Å². The molecule has 0 spiro atoms. The maximum absolute atomic E-state index is 12.0. The highest BCUT2D eigenvalue weighted by atomic mass is 32.2. The van der Waals surface area contributed by atoms with E-state index in [1.165, 1.54) is 11.6 Å². The predicted octanol–water partition coefficient (Wildman–Crippen LogP) is 3.42. The van der Waals surface area contributed by atoms with E-state index in [1.54, 1.807) is 24.3 Å². The molecule has 0 radical (unpaired) electrons. The van der Waals surface area contributed by atoms with E-state index >= 15 is 0 Å². The summed E-state index contributed by atoms with van der Waals surface area (Å²) in [4.78, 5) is 3.94. The largest absolute Gasteiger partial charge is 0.264 e. The number of aryl methyl sites for hydroxylation is 3. The van der Waals surface area contributed by atoms with Gasteiger partial charge in [0.1, 0.15) is 5.82 Å². The summed E-state index contributed by atoms with van der Waals surface area (Å²) in [7, 11) is -3.57.